The first-order valence-corrected chi connectivity index (χ1v) is 11.3. The maximum Gasteiger partial charge on any atom is 0.416 e. The molecule has 32 heavy (non-hydrogen) atoms. The molecule has 0 radical (unpaired) electrons. The molecule has 170 valence electrons. The van der Waals surface area contributed by atoms with Crippen LogP contribution in [-0.4, -0.2) is 15.2 Å². The first-order chi connectivity index (χ1) is 15.0. The highest BCUT2D eigenvalue weighted by molar-refractivity contribution is 5.76. The van der Waals surface area contributed by atoms with Crippen LogP contribution < -0.4 is 0 Å². The quantitative estimate of drug-likeness (QED) is 0.550. The molecule has 3 nitrogen and oxygen atoms in total. The summed E-state index contributed by atoms with van der Waals surface area (Å²) < 4.78 is 40.2. The molecule has 6 heteroatoms. The van der Waals surface area contributed by atoms with E-state index in [1.165, 1.54) is 6.07 Å². The minimum atomic E-state index is -4.45. The van der Waals surface area contributed by atoms with Gasteiger partial charge in [-0.05, 0) is 71.9 Å². The lowest BCUT2D eigenvalue weighted by molar-refractivity contribution is -0.137. The van der Waals surface area contributed by atoms with E-state index in [9.17, 15) is 23.4 Å². The van der Waals surface area contributed by atoms with Gasteiger partial charge in [-0.2, -0.15) is 13.2 Å². The summed E-state index contributed by atoms with van der Waals surface area (Å²) in [4.78, 5) is 4.93. The number of halogens is 3. The van der Waals surface area contributed by atoms with Crippen molar-refractivity contribution in [2.24, 2.45) is 5.41 Å². The third-order valence-corrected chi connectivity index (χ3v) is 7.33. The van der Waals surface area contributed by atoms with Crippen LogP contribution in [0.25, 0.3) is 5.57 Å². The van der Waals surface area contributed by atoms with Gasteiger partial charge in [0.05, 0.1) is 17.4 Å². The second kappa shape index (κ2) is 7.16. The second-order valence-corrected chi connectivity index (χ2v) is 10.3. The Morgan fingerprint density at radius 1 is 1.09 bits per heavy atom. The zero-order chi connectivity index (χ0) is 23.0. The minimum absolute atomic E-state index is 0.132. The number of aliphatic hydroxyl groups is 2. The predicted octanol–water partition coefficient (Wildman–Crippen LogP) is 6.22. The van der Waals surface area contributed by atoms with Crippen molar-refractivity contribution in [2.75, 3.05) is 0 Å². The van der Waals surface area contributed by atoms with Gasteiger partial charge in [0.25, 0.3) is 0 Å². The molecule has 5 rings (SSSR count). The summed E-state index contributed by atoms with van der Waals surface area (Å²) in [5.74, 6) is -0.390. The number of alkyl halides is 3. The van der Waals surface area contributed by atoms with Crippen LogP contribution in [0.2, 0.25) is 0 Å². The molecule has 1 unspecified atom stereocenters. The van der Waals surface area contributed by atoms with Crippen LogP contribution in [0.3, 0.4) is 0 Å². The van der Waals surface area contributed by atoms with E-state index < -0.39 is 23.9 Å². The van der Waals surface area contributed by atoms with Crippen LogP contribution in [0.15, 0.2) is 24.3 Å². The number of nitrogens with zero attached hydrogens (tertiary/aromatic N) is 1. The number of aliphatic hydroxyl groups excluding tert-OH is 2. The van der Waals surface area contributed by atoms with Gasteiger partial charge in [-0.15, -0.1) is 0 Å². The van der Waals surface area contributed by atoms with E-state index in [4.69, 9.17) is 4.98 Å². The van der Waals surface area contributed by atoms with Crippen molar-refractivity contribution < 1.29 is 23.4 Å². The highest BCUT2D eigenvalue weighted by Gasteiger charge is 2.42. The van der Waals surface area contributed by atoms with Gasteiger partial charge < -0.3 is 10.2 Å². The summed E-state index contributed by atoms with van der Waals surface area (Å²) in [6.07, 6.45) is 0.0805. The third kappa shape index (κ3) is 3.30. The van der Waals surface area contributed by atoms with Crippen molar-refractivity contribution in [1.29, 1.82) is 0 Å². The molecule has 3 aliphatic carbocycles. The molecule has 0 saturated heterocycles. The fourth-order valence-electron chi connectivity index (χ4n) is 5.86. The van der Waals surface area contributed by atoms with Crippen LogP contribution in [-0.2, 0) is 12.6 Å². The molecule has 0 fully saturated rings. The number of aromatic nitrogens is 1. The lowest BCUT2D eigenvalue weighted by atomic mass is 9.69. The molecular formula is C26H28F3NO2. The molecule has 0 bridgehead atoms. The molecule has 0 amide bonds. The summed E-state index contributed by atoms with van der Waals surface area (Å²) in [5, 5.41) is 22.6. The summed E-state index contributed by atoms with van der Waals surface area (Å²) in [6, 6.07) is 3.59. The van der Waals surface area contributed by atoms with Crippen molar-refractivity contribution in [3.8, 4) is 0 Å². The van der Waals surface area contributed by atoms with Gasteiger partial charge in [0.1, 0.15) is 6.10 Å². The molecule has 0 spiro atoms. The monoisotopic (exact) mass is 443 g/mol. The lowest BCUT2D eigenvalue weighted by Gasteiger charge is -2.39. The summed E-state index contributed by atoms with van der Waals surface area (Å²) in [6.45, 7) is 6.05. The van der Waals surface area contributed by atoms with Crippen LogP contribution in [0.1, 0.15) is 109 Å². The van der Waals surface area contributed by atoms with Crippen molar-refractivity contribution in [2.45, 2.75) is 77.2 Å². The van der Waals surface area contributed by atoms with E-state index in [-0.39, 0.29) is 11.3 Å². The Morgan fingerprint density at radius 2 is 1.84 bits per heavy atom. The molecule has 3 aliphatic rings. The van der Waals surface area contributed by atoms with Gasteiger partial charge in [0, 0.05) is 22.7 Å². The normalized spacial score (nSPS) is 26.2. The first-order valence-electron chi connectivity index (χ1n) is 11.3. The molecule has 1 heterocycles. The highest BCUT2D eigenvalue weighted by atomic mass is 19.4. The van der Waals surface area contributed by atoms with E-state index in [1.54, 1.807) is 0 Å². The van der Waals surface area contributed by atoms with Crippen molar-refractivity contribution in [1.82, 2.24) is 4.98 Å². The molecular weight excluding hydrogens is 415 g/mol. The van der Waals surface area contributed by atoms with Gasteiger partial charge in [0.15, 0.2) is 0 Å². The number of fused-ring (bicyclic) bond motifs is 3. The second-order valence-electron chi connectivity index (χ2n) is 10.3. The lowest BCUT2D eigenvalue weighted by Crippen LogP contribution is -2.31. The Balaban J connectivity index is 1.77. The van der Waals surface area contributed by atoms with Crippen molar-refractivity contribution in [3.63, 3.8) is 0 Å². The average Bonchev–Trinajstić information content (AvgIpc) is 3.23. The SMILES string of the molecule is CC1c2cc(C(F)(F)F)ccc2[C@@H](O)c2c1nc1c(c2C2=CCCC2)[C@@H](O)CC(C)(C)C1. The Kier molecular flexibility index (Phi) is 4.84. The largest absolute Gasteiger partial charge is 0.416 e. The number of hydrogen-bond acceptors (Lipinski definition) is 3. The third-order valence-electron chi connectivity index (χ3n) is 7.33. The predicted molar refractivity (Wildman–Crippen MR) is 116 cm³/mol. The van der Waals surface area contributed by atoms with Gasteiger partial charge in [-0.1, -0.05) is 32.9 Å². The minimum Gasteiger partial charge on any atom is -0.388 e. The van der Waals surface area contributed by atoms with Crippen molar-refractivity contribution in [3.05, 3.63) is 69.0 Å². The topological polar surface area (TPSA) is 53.4 Å². The summed E-state index contributed by atoms with van der Waals surface area (Å²) >= 11 is 0. The maximum absolute atomic E-state index is 13.4. The Hall–Kier alpha value is -2.18. The van der Waals surface area contributed by atoms with Crippen LogP contribution in [0.4, 0.5) is 13.2 Å². The number of pyridine rings is 1. The van der Waals surface area contributed by atoms with E-state index in [0.717, 1.165) is 53.8 Å². The van der Waals surface area contributed by atoms with E-state index >= 15 is 0 Å². The molecule has 0 aliphatic heterocycles. The number of benzene rings is 1. The van der Waals surface area contributed by atoms with Gasteiger partial charge in [-0.25, -0.2) is 0 Å². The Labute approximate surface area is 186 Å². The molecule has 2 aromatic rings. The standard InChI is InChI=1S/C26H28F3NO2/c1-13-17-10-15(26(27,28)29)8-9-16(17)24(32)22-20(14-6-4-5-7-14)21-18(30-23(13)22)11-25(2,3)12-19(21)31/h6,8-10,13,19,24,31-32H,4-5,7,11-12H2,1-3H3/t13?,19-,24+/m0/s1. The van der Waals surface area contributed by atoms with Crippen LogP contribution >= 0.6 is 0 Å². The summed E-state index contributed by atoms with van der Waals surface area (Å²) in [7, 11) is 0. The Morgan fingerprint density at radius 3 is 2.50 bits per heavy atom. The average molecular weight is 444 g/mol. The zero-order valence-electron chi connectivity index (χ0n) is 18.6. The molecule has 1 aromatic carbocycles. The smallest absolute Gasteiger partial charge is 0.388 e. The van der Waals surface area contributed by atoms with Gasteiger partial charge in [-0.3, -0.25) is 4.98 Å². The fourth-order valence-corrected chi connectivity index (χ4v) is 5.86. The number of rotatable bonds is 1. The summed E-state index contributed by atoms with van der Waals surface area (Å²) in [5.41, 5.74) is 5.02. The molecule has 1 aromatic heterocycles. The highest BCUT2D eigenvalue weighted by Crippen LogP contribution is 2.52. The van der Waals surface area contributed by atoms with Crippen LogP contribution in [0.5, 0.6) is 0 Å². The van der Waals surface area contributed by atoms with E-state index in [1.807, 2.05) is 6.92 Å². The number of allylic oxidation sites excluding steroid dienone is 2. The van der Waals surface area contributed by atoms with E-state index in [0.29, 0.717) is 35.2 Å². The zero-order valence-corrected chi connectivity index (χ0v) is 18.6. The molecule has 2 N–H and O–H groups in total. The number of hydrogen-bond donors (Lipinski definition) is 2. The van der Waals surface area contributed by atoms with Crippen molar-refractivity contribution >= 4 is 5.57 Å². The maximum atomic E-state index is 13.4. The Bertz CT molecular complexity index is 1130. The van der Waals surface area contributed by atoms with E-state index in [2.05, 4.69) is 19.9 Å². The fraction of sp³-hybridized carbons (Fsp3) is 0.500. The molecule has 0 saturated carbocycles. The van der Waals surface area contributed by atoms with Crippen LogP contribution in [0, 0.1) is 5.41 Å². The first kappa shape index (κ1) is 21.7. The van der Waals surface area contributed by atoms with Gasteiger partial charge >= 0.3 is 6.18 Å². The molecule has 3 atom stereocenters. The van der Waals surface area contributed by atoms with Gasteiger partial charge in [0.2, 0.25) is 0 Å².